The number of aliphatic imine (C=N–C) groups is 1. The molecular formula is C48H29N3O2S. The second-order valence-corrected chi connectivity index (χ2v) is 14.8. The molecule has 0 saturated heterocycles. The maximum atomic E-state index is 8.86. The monoisotopic (exact) mass is 711 g/mol. The minimum atomic E-state index is 0.101. The Hall–Kier alpha value is -7.02. The third-order valence-electron chi connectivity index (χ3n) is 10.5. The molecule has 0 aliphatic heterocycles. The molecule has 6 heteroatoms. The van der Waals surface area contributed by atoms with E-state index >= 15 is 0 Å². The normalized spacial score (nSPS) is 12.3. The van der Waals surface area contributed by atoms with Crippen LogP contribution in [0.15, 0.2) is 172 Å². The highest BCUT2D eigenvalue weighted by Crippen LogP contribution is 2.43. The van der Waals surface area contributed by atoms with Crippen LogP contribution in [-0.2, 0) is 0 Å². The summed E-state index contributed by atoms with van der Waals surface area (Å²) in [5.74, 6) is 0.359. The van der Waals surface area contributed by atoms with Crippen LogP contribution < -0.4 is 5.73 Å². The number of hydrogen-bond acceptors (Lipinski definition) is 4. The van der Waals surface area contributed by atoms with Crippen LogP contribution in [0.1, 0.15) is 11.1 Å². The number of benzene rings is 8. The van der Waals surface area contributed by atoms with Crippen molar-refractivity contribution in [2.24, 2.45) is 10.7 Å². The molecule has 11 aromatic rings. The van der Waals surface area contributed by atoms with Crippen LogP contribution in [0, 0.1) is 5.41 Å². The third-order valence-corrected chi connectivity index (χ3v) is 11.7. The Morgan fingerprint density at radius 3 is 2.17 bits per heavy atom. The second-order valence-electron chi connectivity index (χ2n) is 13.7. The standard InChI is InChI=1S/C48H29N3O2S/c49-47(31-17-16-27-8-1-2-9-28(27)22-31)51-48(50)36-12-7-14-41-46(36)38-23-30(19-21-40(38)52-41)37-24-32(25-42-45(37)35-11-3-5-13-39(35)53-42)29-18-20-34-33-10-4-6-15-43(33)54-44(34)26-29/h1-26H,(H3,49,50,51). The van der Waals surface area contributed by atoms with Crippen LogP contribution in [0.2, 0.25) is 0 Å². The number of amidine groups is 2. The molecule has 0 amide bonds. The van der Waals surface area contributed by atoms with Crippen molar-refractivity contribution in [2.45, 2.75) is 0 Å². The minimum Gasteiger partial charge on any atom is -0.456 e. The van der Waals surface area contributed by atoms with Gasteiger partial charge in [0.15, 0.2) is 5.84 Å². The topological polar surface area (TPSA) is 88.5 Å². The number of nitrogens with two attached hydrogens (primary N) is 1. The number of fused-ring (bicyclic) bond motifs is 10. The van der Waals surface area contributed by atoms with Gasteiger partial charge in [-0.3, -0.25) is 5.41 Å². The minimum absolute atomic E-state index is 0.101. The highest BCUT2D eigenvalue weighted by molar-refractivity contribution is 7.25. The Labute approximate surface area is 312 Å². The number of nitrogens with one attached hydrogen (secondary N) is 1. The van der Waals surface area contributed by atoms with Gasteiger partial charge in [-0.25, -0.2) is 4.99 Å². The van der Waals surface area contributed by atoms with Gasteiger partial charge in [0.2, 0.25) is 0 Å². The van der Waals surface area contributed by atoms with Crippen LogP contribution in [0.5, 0.6) is 0 Å². The Morgan fingerprint density at radius 1 is 0.500 bits per heavy atom. The average molecular weight is 712 g/mol. The van der Waals surface area contributed by atoms with Gasteiger partial charge in [0.05, 0.1) is 0 Å². The highest BCUT2D eigenvalue weighted by Gasteiger charge is 2.19. The van der Waals surface area contributed by atoms with Crippen LogP contribution >= 0.6 is 11.3 Å². The SMILES string of the molecule is N=C(N=C(N)c1cccc2oc3ccc(-c4cc(-c5ccc6c(c5)sc5ccccc56)cc5oc6ccccc6c45)cc3c12)c1ccc2ccccc2c1. The van der Waals surface area contributed by atoms with Gasteiger partial charge >= 0.3 is 0 Å². The summed E-state index contributed by atoms with van der Waals surface area (Å²) >= 11 is 1.82. The van der Waals surface area contributed by atoms with Gasteiger partial charge in [-0.2, -0.15) is 0 Å². The van der Waals surface area contributed by atoms with Crippen molar-refractivity contribution in [1.29, 1.82) is 5.41 Å². The summed E-state index contributed by atoms with van der Waals surface area (Å²) in [7, 11) is 0. The third kappa shape index (κ3) is 4.78. The van der Waals surface area contributed by atoms with E-state index in [9.17, 15) is 0 Å². The predicted octanol–water partition coefficient (Wildman–Crippen LogP) is 13.1. The first-order valence-electron chi connectivity index (χ1n) is 17.8. The molecule has 0 aliphatic rings. The summed E-state index contributed by atoms with van der Waals surface area (Å²) < 4.78 is 15.5. The van der Waals surface area contributed by atoms with Gasteiger partial charge in [-0.05, 0) is 87.6 Å². The molecule has 3 N–H and O–H groups in total. The Balaban J connectivity index is 1.08. The van der Waals surface area contributed by atoms with E-state index in [4.69, 9.17) is 20.0 Å². The van der Waals surface area contributed by atoms with Gasteiger partial charge in [0, 0.05) is 52.8 Å². The van der Waals surface area contributed by atoms with E-state index in [0.717, 1.165) is 76.9 Å². The Kier molecular flexibility index (Phi) is 6.66. The lowest BCUT2D eigenvalue weighted by Gasteiger charge is -2.10. The van der Waals surface area contributed by atoms with Gasteiger partial charge in [0.25, 0.3) is 0 Å². The molecule has 54 heavy (non-hydrogen) atoms. The molecule has 0 bridgehead atoms. The number of nitrogens with zero attached hydrogens (tertiary/aromatic N) is 1. The fourth-order valence-corrected chi connectivity index (χ4v) is 9.09. The summed E-state index contributed by atoms with van der Waals surface area (Å²) in [6.45, 7) is 0. The van der Waals surface area contributed by atoms with E-state index in [1.54, 1.807) is 0 Å². The van der Waals surface area contributed by atoms with Crippen LogP contribution in [0.4, 0.5) is 0 Å². The van der Waals surface area contributed by atoms with E-state index in [1.807, 2.05) is 84.1 Å². The Morgan fingerprint density at radius 2 is 1.24 bits per heavy atom. The summed E-state index contributed by atoms with van der Waals surface area (Å²) in [4.78, 5) is 4.61. The zero-order chi connectivity index (χ0) is 35.9. The lowest BCUT2D eigenvalue weighted by Crippen LogP contribution is -2.16. The van der Waals surface area contributed by atoms with E-state index in [0.29, 0.717) is 11.1 Å². The van der Waals surface area contributed by atoms with Crippen LogP contribution in [0.25, 0.3) is 97.1 Å². The number of para-hydroxylation sites is 1. The number of furan rings is 2. The maximum Gasteiger partial charge on any atom is 0.154 e. The molecule has 0 fully saturated rings. The molecule has 0 aliphatic carbocycles. The average Bonchev–Trinajstić information content (AvgIpc) is 3.90. The van der Waals surface area contributed by atoms with Crippen molar-refractivity contribution in [3.63, 3.8) is 0 Å². The van der Waals surface area contributed by atoms with E-state index < -0.39 is 0 Å². The number of hydrogen-bond donors (Lipinski definition) is 2. The van der Waals surface area contributed by atoms with E-state index in [2.05, 4.69) is 89.9 Å². The lowest BCUT2D eigenvalue weighted by atomic mass is 9.93. The smallest absolute Gasteiger partial charge is 0.154 e. The van der Waals surface area contributed by atoms with Crippen molar-refractivity contribution in [3.05, 3.63) is 169 Å². The summed E-state index contributed by atoms with van der Waals surface area (Å²) in [5, 5.41) is 17.5. The molecular weight excluding hydrogens is 683 g/mol. The summed E-state index contributed by atoms with van der Waals surface area (Å²) in [6, 6.07) is 54.1. The first-order chi connectivity index (χ1) is 26.6. The zero-order valence-corrected chi connectivity index (χ0v) is 29.6. The molecule has 5 nitrogen and oxygen atoms in total. The number of thiophene rings is 1. The lowest BCUT2D eigenvalue weighted by molar-refractivity contribution is 0.669. The quantitative estimate of drug-likeness (QED) is 0.141. The molecule has 0 radical (unpaired) electrons. The van der Waals surface area contributed by atoms with Crippen LogP contribution in [-0.4, -0.2) is 11.7 Å². The molecule has 8 aromatic carbocycles. The van der Waals surface area contributed by atoms with Crippen molar-refractivity contribution in [2.75, 3.05) is 0 Å². The fourth-order valence-electron chi connectivity index (χ4n) is 7.94. The molecule has 11 rings (SSSR count). The van der Waals surface area contributed by atoms with Gasteiger partial charge in [-0.1, -0.05) is 103 Å². The first kappa shape index (κ1) is 30.6. The zero-order valence-electron chi connectivity index (χ0n) is 28.8. The van der Waals surface area contributed by atoms with Crippen molar-refractivity contribution in [1.82, 2.24) is 0 Å². The van der Waals surface area contributed by atoms with Crippen molar-refractivity contribution in [3.8, 4) is 22.3 Å². The highest BCUT2D eigenvalue weighted by atomic mass is 32.1. The van der Waals surface area contributed by atoms with Crippen molar-refractivity contribution < 1.29 is 8.83 Å². The molecule has 0 atom stereocenters. The number of rotatable bonds is 4. The fraction of sp³-hybridized carbons (Fsp3) is 0. The van der Waals surface area contributed by atoms with Gasteiger partial charge < -0.3 is 14.6 Å². The van der Waals surface area contributed by atoms with Gasteiger partial charge in [0.1, 0.15) is 28.2 Å². The van der Waals surface area contributed by atoms with Gasteiger partial charge in [-0.15, -0.1) is 11.3 Å². The predicted molar refractivity (Wildman–Crippen MR) is 226 cm³/mol. The summed E-state index contributed by atoms with van der Waals surface area (Å²) in [5.41, 5.74) is 15.6. The molecule has 3 heterocycles. The maximum absolute atomic E-state index is 8.86. The molecule has 0 saturated carbocycles. The van der Waals surface area contributed by atoms with Crippen LogP contribution in [0.3, 0.4) is 0 Å². The second kappa shape index (κ2) is 11.7. The molecule has 0 unspecified atom stereocenters. The van der Waals surface area contributed by atoms with E-state index in [-0.39, 0.29) is 11.7 Å². The first-order valence-corrected chi connectivity index (χ1v) is 18.6. The molecule has 254 valence electrons. The van der Waals surface area contributed by atoms with Crippen molar-refractivity contribution >= 4 is 97.8 Å². The summed E-state index contributed by atoms with van der Waals surface area (Å²) in [6.07, 6.45) is 0. The molecule has 0 spiro atoms. The molecule has 3 aromatic heterocycles. The van der Waals surface area contributed by atoms with E-state index in [1.165, 1.54) is 20.2 Å². The largest absolute Gasteiger partial charge is 0.456 e. The Bertz CT molecular complexity index is 3380.